The summed E-state index contributed by atoms with van der Waals surface area (Å²) in [5.74, 6) is -0.0803. The summed E-state index contributed by atoms with van der Waals surface area (Å²) >= 11 is 0. The lowest BCUT2D eigenvalue weighted by Crippen LogP contribution is -2.46. The molecule has 2 heterocycles. The van der Waals surface area contributed by atoms with Crippen molar-refractivity contribution in [2.75, 3.05) is 39.3 Å². The fourth-order valence-corrected chi connectivity index (χ4v) is 2.07. The fraction of sp³-hybridized carbons (Fsp3) is 0.538. The number of carbonyl (C=O) groups excluding carboxylic acids is 1. The molecule has 5 nitrogen and oxygen atoms in total. The molecule has 7 heteroatoms. The minimum absolute atomic E-state index is 0. The molecule has 1 aromatic heterocycles. The first-order valence-corrected chi connectivity index (χ1v) is 6.40. The molecule has 0 radical (unpaired) electrons. The third-order valence-corrected chi connectivity index (χ3v) is 3.15. The second-order valence-electron chi connectivity index (χ2n) is 4.52. The highest BCUT2D eigenvalue weighted by atomic mass is 35.5. The fourth-order valence-electron chi connectivity index (χ4n) is 2.07. The van der Waals surface area contributed by atoms with E-state index in [-0.39, 0.29) is 30.7 Å². The predicted octanol–water partition coefficient (Wildman–Crippen LogP) is 0.869. The first-order valence-electron chi connectivity index (χ1n) is 6.40. The summed E-state index contributed by atoms with van der Waals surface area (Å²) in [5.41, 5.74) is 1.44. The molecule has 114 valence electrons. The SMILES string of the molecule is Cc1cccnc1C(=O)NCCN1CCNCC1.Cl.Cl. The normalized spacial score (nSPS) is 14.8. The Morgan fingerprint density at radius 1 is 1.40 bits per heavy atom. The lowest BCUT2D eigenvalue weighted by Gasteiger charge is -2.27. The molecular weight excluding hydrogens is 299 g/mol. The maximum atomic E-state index is 11.9. The number of piperazine rings is 1. The molecule has 0 saturated carbocycles. The average molecular weight is 321 g/mol. The Hall–Kier alpha value is -0.880. The van der Waals surface area contributed by atoms with Gasteiger partial charge in [-0.15, -0.1) is 24.8 Å². The van der Waals surface area contributed by atoms with Crippen LogP contribution in [0.25, 0.3) is 0 Å². The number of carbonyl (C=O) groups is 1. The zero-order valence-electron chi connectivity index (χ0n) is 11.6. The van der Waals surface area contributed by atoms with Gasteiger partial charge in [0.25, 0.3) is 5.91 Å². The molecule has 1 amide bonds. The van der Waals surface area contributed by atoms with Gasteiger partial charge in [0.05, 0.1) is 0 Å². The highest BCUT2D eigenvalue weighted by Crippen LogP contribution is 2.02. The number of hydrogen-bond acceptors (Lipinski definition) is 4. The van der Waals surface area contributed by atoms with E-state index in [4.69, 9.17) is 0 Å². The van der Waals surface area contributed by atoms with E-state index in [0.717, 1.165) is 38.3 Å². The van der Waals surface area contributed by atoms with E-state index in [1.165, 1.54) is 0 Å². The number of hydrogen-bond donors (Lipinski definition) is 2. The second kappa shape index (κ2) is 9.94. The number of halogens is 2. The number of rotatable bonds is 4. The van der Waals surface area contributed by atoms with Gasteiger partial charge in [0, 0.05) is 45.5 Å². The molecule has 2 N–H and O–H groups in total. The van der Waals surface area contributed by atoms with Gasteiger partial charge in [-0.25, -0.2) is 0 Å². The maximum absolute atomic E-state index is 11.9. The summed E-state index contributed by atoms with van der Waals surface area (Å²) in [5, 5.41) is 6.23. The van der Waals surface area contributed by atoms with Crippen molar-refractivity contribution in [2.45, 2.75) is 6.92 Å². The van der Waals surface area contributed by atoms with Crippen molar-refractivity contribution in [3.8, 4) is 0 Å². The Labute approximate surface area is 132 Å². The summed E-state index contributed by atoms with van der Waals surface area (Å²) in [6, 6.07) is 3.74. The van der Waals surface area contributed by atoms with Crippen LogP contribution in [-0.4, -0.2) is 55.1 Å². The molecule has 0 atom stereocenters. The minimum Gasteiger partial charge on any atom is -0.349 e. The van der Waals surface area contributed by atoms with E-state index < -0.39 is 0 Å². The van der Waals surface area contributed by atoms with Crippen LogP contribution in [0.1, 0.15) is 16.1 Å². The van der Waals surface area contributed by atoms with Crippen molar-refractivity contribution < 1.29 is 4.79 Å². The Kier molecular flexibility index (Phi) is 9.50. The van der Waals surface area contributed by atoms with Gasteiger partial charge in [-0.05, 0) is 18.6 Å². The lowest BCUT2D eigenvalue weighted by molar-refractivity contribution is 0.0941. The second-order valence-corrected chi connectivity index (χ2v) is 4.52. The molecule has 2 rings (SSSR count). The highest BCUT2D eigenvalue weighted by molar-refractivity contribution is 5.93. The van der Waals surface area contributed by atoms with Crippen LogP contribution in [0.5, 0.6) is 0 Å². The van der Waals surface area contributed by atoms with Crippen LogP contribution < -0.4 is 10.6 Å². The third kappa shape index (κ3) is 5.63. The van der Waals surface area contributed by atoms with Gasteiger partial charge in [0.1, 0.15) is 5.69 Å². The lowest BCUT2D eigenvalue weighted by atomic mass is 10.2. The molecule has 20 heavy (non-hydrogen) atoms. The Bertz CT molecular complexity index is 411. The standard InChI is InChI=1S/C13H20N4O.2ClH/c1-11-3-2-4-15-12(11)13(18)16-7-10-17-8-5-14-6-9-17;;/h2-4,14H,5-10H2,1H3,(H,16,18);2*1H. The molecule has 1 aromatic rings. The van der Waals surface area contributed by atoms with Gasteiger partial charge >= 0.3 is 0 Å². The van der Waals surface area contributed by atoms with Crippen LogP contribution in [0.2, 0.25) is 0 Å². The molecule has 0 aliphatic carbocycles. The number of nitrogens with zero attached hydrogens (tertiary/aromatic N) is 2. The topological polar surface area (TPSA) is 57.3 Å². The molecule has 1 aliphatic rings. The zero-order chi connectivity index (χ0) is 12.8. The number of amides is 1. The predicted molar refractivity (Wildman–Crippen MR) is 85.1 cm³/mol. The van der Waals surface area contributed by atoms with Gasteiger partial charge < -0.3 is 10.6 Å². The average Bonchev–Trinajstić information content (AvgIpc) is 2.40. The van der Waals surface area contributed by atoms with Gasteiger partial charge in [-0.3, -0.25) is 14.7 Å². The Morgan fingerprint density at radius 3 is 2.75 bits per heavy atom. The van der Waals surface area contributed by atoms with Crippen LogP contribution in [0.15, 0.2) is 18.3 Å². The quantitative estimate of drug-likeness (QED) is 0.864. The summed E-state index contributed by atoms with van der Waals surface area (Å²) in [6.07, 6.45) is 1.65. The molecule has 0 spiro atoms. The van der Waals surface area contributed by atoms with Crippen molar-refractivity contribution in [1.29, 1.82) is 0 Å². The molecule has 1 aliphatic heterocycles. The number of nitrogens with one attached hydrogen (secondary N) is 2. The maximum Gasteiger partial charge on any atom is 0.270 e. The third-order valence-electron chi connectivity index (χ3n) is 3.15. The van der Waals surface area contributed by atoms with Gasteiger partial charge in [0.2, 0.25) is 0 Å². The van der Waals surface area contributed by atoms with Gasteiger partial charge in [0.15, 0.2) is 0 Å². The molecule has 0 aromatic carbocycles. The van der Waals surface area contributed by atoms with Crippen LogP contribution in [0.3, 0.4) is 0 Å². The summed E-state index contributed by atoms with van der Waals surface area (Å²) in [7, 11) is 0. The molecular formula is C13H22Cl2N4O. The minimum atomic E-state index is -0.0803. The van der Waals surface area contributed by atoms with Crippen LogP contribution in [0.4, 0.5) is 0 Å². The summed E-state index contributed by atoms with van der Waals surface area (Å²) in [4.78, 5) is 18.4. The molecule has 0 bridgehead atoms. The first kappa shape index (κ1) is 19.1. The van der Waals surface area contributed by atoms with Crippen molar-refractivity contribution in [2.24, 2.45) is 0 Å². The van der Waals surface area contributed by atoms with E-state index in [1.807, 2.05) is 19.1 Å². The van der Waals surface area contributed by atoms with Crippen LogP contribution in [0, 0.1) is 6.92 Å². The van der Waals surface area contributed by atoms with Crippen molar-refractivity contribution >= 4 is 30.7 Å². The smallest absolute Gasteiger partial charge is 0.270 e. The van der Waals surface area contributed by atoms with E-state index in [9.17, 15) is 4.79 Å². The van der Waals surface area contributed by atoms with Crippen LogP contribution in [-0.2, 0) is 0 Å². The summed E-state index contributed by atoms with van der Waals surface area (Å²) < 4.78 is 0. The first-order chi connectivity index (χ1) is 8.77. The van der Waals surface area contributed by atoms with Crippen LogP contribution >= 0.6 is 24.8 Å². The van der Waals surface area contributed by atoms with Crippen molar-refractivity contribution in [3.05, 3.63) is 29.6 Å². The monoisotopic (exact) mass is 320 g/mol. The molecule has 1 fully saturated rings. The van der Waals surface area contributed by atoms with E-state index >= 15 is 0 Å². The largest absolute Gasteiger partial charge is 0.349 e. The zero-order valence-corrected chi connectivity index (χ0v) is 13.2. The van der Waals surface area contributed by atoms with Gasteiger partial charge in [-0.1, -0.05) is 6.07 Å². The number of aryl methyl sites for hydroxylation is 1. The Morgan fingerprint density at radius 2 is 2.10 bits per heavy atom. The number of aromatic nitrogens is 1. The highest BCUT2D eigenvalue weighted by Gasteiger charge is 2.11. The van der Waals surface area contributed by atoms with E-state index in [0.29, 0.717) is 12.2 Å². The van der Waals surface area contributed by atoms with Crippen molar-refractivity contribution in [3.63, 3.8) is 0 Å². The summed E-state index contributed by atoms with van der Waals surface area (Å²) in [6.45, 7) is 7.66. The van der Waals surface area contributed by atoms with E-state index in [1.54, 1.807) is 6.20 Å². The van der Waals surface area contributed by atoms with Gasteiger partial charge in [-0.2, -0.15) is 0 Å². The molecule has 1 saturated heterocycles. The molecule has 0 unspecified atom stereocenters. The number of pyridine rings is 1. The van der Waals surface area contributed by atoms with Crippen molar-refractivity contribution in [1.82, 2.24) is 20.5 Å². The van der Waals surface area contributed by atoms with E-state index in [2.05, 4.69) is 20.5 Å². The Balaban J connectivity index is 0.00000180.